The first-order chi connectivity index (χ1) is 10.2. The Morgan fingerprint density at radius 3 is 2.77 bits per heavy atom. The van der Waals surface area contributed by atoms with Crippen molar-refractivity contribution in [3.63, 3.8) is 0 Å². The second-order valence-corrected chi connectivity index (χ2v) is 5.94. The van der Waals surface area contributed by atoms with Crippen LogP contribution in [0.25, 0.3) is 11.2 Å². The molecule has 0 saturated heterocycles. The third-order valence-corrected chi connectivity index (χ3v) is 2.95. The Morgan fingerprint density at radius 2 is 2.14 bits per heavy atom. The lowest BCUT2D eigenvalue weighted by Gasteiger charge is -2.24. The van der Waals surface area contributed by atoms with E-state index in [1.165, 1.54) is 15.8 Å². The summed E-state index contributed by atoms with van der Waals surface area (Å²) in [7, 11) is 1.61. The maximum atomic E-state index is 12.0. The van der Waals surface area contributed by atoms with Gasteiger partial charge < -0.3 is 20.4 Å². The van der Waals surface area contributed by atoms with E-state index in [0.29, 0.717) is 17.7 Å². The van der Waals surface area contributed by atoms with Crippen molar-refractivity contribution in [3.05, 3.63) is 16.8 Å². The Morgan fingerprint density at radius 1 is 1.45 bits per heavy atom. The molecule has 2 aromatic heterocycles. The fraction of sp³-hybridized carbons (Fsp3) is 0.538. The molecule has 0 unspecified atom stereocenters. The van der Waals surface area contributed by atoms with Crippen LogP contribution in [0.4, 0.5) is 10.6 Å². The standard InChI is InChI=1S/C13H20N6O3/c1-13(2,3)22-12(21)18(4)5-6-19-10-8(17-11(19)20)9(14)15-7-16-10/h7H,5-6H2,1-4H3,(H,17,20)(H2,14,15,16). The zero-order valence-electron chi connectivity index (χ0n) is 13.1. The van der Waals surface area contributed by atoms with Crippen LogP contribution in [0.2, 0.25) is 0 Å². The molecule has 120 valence electrons. The van der Waals surface area contributed by atoms with Crippen LogP contribution in [-0.2, 0) is 11.3 Å². The maximum absolute atomic E-state index is 12.0. The fourth-order valence-corrected chi connectivity index (χ4v) is 1.87. The lowest BCUT2D eigenvalue weighted by atomic mass is 10.2. The van der Waals surface area contributed by atoms with Gasteiger partial charge in [-0.2, -0.15) is 0 Å². The molecular formula is C13H20N6O3. The highest BCUT2D eigenvalue weighted by Crippen LogP contribution is 2.12. The van der Waals surface area contributed by atoms with Crippen LogP contribution >= 0.6 is 0 Å². The Labute approximate surface area is 127 Å². The van der Waals surface area contributed by atoms with E-state index < -0.39 is 11.7 Å². The maximum Gasteiger partial charge on any atom is 0.410 e. The molecule has 0 atom stereocenters. The third kappa shape index (κ3) is 3.35. The average molecular weight is 308 g/mol. The molecule has 2 heterocycles. The minimum Gasteiger partial charge on any atom is -0.444 e. The molecule has 0 aliphatic heterocycles. The number of rotatable bonds is 3. The highest BCUT2D eigenvalue weighted by molar-refractivity contribution is 5.81. The number of nitrogens with two attached hydrogens (primary N) is 1. The van der Waals surface area contributed by atoms with Gasteiger partial charge in [-0.05, 0) is 20.8 Å². The van der Waals surface area contributed by atoms with E-state index >= 15 is 0 Å². The first-order valence-electron chi connectivity index (χ1n) is 6.82. The van der Waals surface area contributed by atoms with E-state index in [-0.39, 0.29) is 18.1 Å². The lowest BCUT2D eigenvalue weighted by molar-refractivity contribution is 0.0293. The molecule has 0 bridgehead atoms. The first-order valence-corrected chi connectivity index (χ1v) is 6.82. The first kappa shape index (κ1) is 15.8. The van der Waals surface area contributed by atoms with E-state index in [0.717, 1.165) is 0 Å². The van der Waals surface area contributed by atoms with Gasteiger partial charge in [0.2, 0.25) is 0 Å². The number of nitrogens with zero attached hydrogens (tertiary/aromatic N) is 4. The molecule has 0 aromatic carbocycles. The summed E-state index contributed by atoms with van der Waals surface area (Å²) >= 11 is 0. The third-order valence-electron chi connectivity index (χ3n) is 2.95. The van der Waals surface area contributed by atoms with Crippen molar-refractivity contribution in [2.24, 2.45) is 0 Å². The van der Waals surface area contributed by atoms with Gasteiger partial charge in [0.25, 0.3) is 0 Å². The molecule has 2 aromatic rings. The van der Waals surface area contributed by atoms with Crippen LogP contribution in [0.15, 0.2) is 11.1 Å². The summed E-state index contributed by atoms with van der Waals surface area (Å²) in [5.41, 5.74) is 5.59. The number of hydrogen-bond donors (Lipinski definition) is 2. The molecule has 0 radical (unpaired) electrons. The highest BCUT2D eigenvalue weighted by Gasteiger charge is 2.20. The van der Waals surface area contributed by atoms with Crippen molar-refractivity contribution in [2.75, 3.05) is 19.3 Å². The van der Waals surface area contributed by atoms with E-state index in [4.69, 9.17) is 10.5 Å². The topological polar surface area (TPSA) is 119 Å². The second-order valence-electron chi connectivity index (χ2n) is 5.94. The summed E-state index contributed by atoms with van der Waals surface area (Å²) < 4.78 is 6.66. The number of carbonyl (C=O) groups is 1. The van der Waals surface area contributed by atoms with Crippen molar-refractivity contribution in [1.82, 2.24) is 24.4 Å². The Hall–Kier alpha value is -2.58. The molecule has 0 aliphatic rings. The van der Waals surface area contributed by atoms with Crippen molar-refractivity contribution in [3.8, 4) is 0 Å². The van der Waals surface area contributed by atoms with Gasteiger partial charge >= 0.3 is 11.8 Å². The van der Waals surface area contributed by atoms with Gasteiger partial charge in [-0.15, -0.1) is 0 Å². The second kappa shape index (κ2) is 5.66. The van der Waals surface area contributed by atoms with Crippen LogP contribution < -0.4 is 11.4 Å². The number of likely N-dealkylation sites (N-methyl/N-ethyl adjacent to an activating group) is 1. The van der Waals surface area contributed by atoms with Gasteiger partial charge in [0.05, 0.1) is 0 Å². The van der Waals surface area contributed by atoms with Crippen molar-refractivity contribution >= 4 is 23.1 Å². The quantitative estimate of drug-likeness (QED) is 0.855. The summed E-state index contributed by atoms with van der Waals surface area (Å²) in [4.78, 5) is 35.7. The summed E-state index contributed by atoms with van der Waals surface area (Å²) in [5.74, 6) is 0.210. The molecule has 0 fully saturated rings. The smallest absolute Gasteiger partial charge is 0.410 e. The molecule has 0 saturated carbocycles. The summed E-state index contributed by atoms with van der Waals surface area (Å²) in [6.07, 6.45) is 0.841. The number of imidazole rings is 1. The SMILES string of the molecule is CN(CCn1c(=O)[nH]c2c(N)ncnc21)C(=O)OC(C)(C)C. The molecule has 0 spiro atoms. The lowest BCUT2D eigenvalue weighted by Crippen LogP contribution is -2.36. The zero-order valence-corrected chi connectivity index (χ0v) is 13.1. The van der Waals surface area contributed by atoms with Crippen molar-refractivity contribution < 1.29 is 9.53 Å². The summed E-state index contributed by atoms with van der Waals surface area (Å²) in [6.45, 7) is 5.95. The molecule has 9 heteroatoms. The Kier molecular flexibility index (Phi) is 4.07. The van der Waals surface area contributed by atoms with Gasteiger partial charge in [-0.25, -0.2) is 19.6 Å². The van der Waals surface area contributed by atoms with E-state index in [1.54, 1.807) is 27.8 Å². The number of hydrogen-bond acceptors (Lipinski definition) is 6. The van der Waals surface area contributed by atoms with Crippen LogP contribution in [-0.4, -0.2) is 49.7 Å². The highest BCUT2D eigenvalue weighted by atomic mass is 16.6. The number of aromatic nitrogens is 4. The Bertz CT molecular complexity index is 742. The van der Waals surface area contributed by atoms with E-state index in [2.05, 4.69) is 15.0 Å². The molecule has 2 rings (SSSR count). The number of anilines is 1. The molecule has 3 N–H and O–H groups in total. The molecular weight excluding hydrogens is 288 g/mol. The minimum atomic E-state index is -0.565. The van der Waals surface area contributed by atoms with Gasteiger partial charge in [0.1, 0.15) is 17.4 Å². The number of fused-ring (bicyclic) bond motifs is 1. The Balaban J connectivity index is 2.12. The van der Waals surface area contributed by atoms with Gasteiger partial charge in [0, 0.05) is 20.1 Å². The molecule has 1 amide bonds. The van der Waals surface area contributed by atoms with Crippen molar-refractivity contribution in [1.29, 1.82) is 0 Å². The molecule has 0 aliphatic carbocycles. The zero-order chi connectivity index (χ0) is 16.5. The van der Waals surface area contributed by atoms with Crippen LogP contribution in [0.1, 0.15) is 20.8 Å². The number of ether oxygens (including phenoxy) is 1. The van der Waals surface area contributed by atoms with Crippen LogP contribution in [0, 0.1) is 0 Å². The number of H-pyrrole nitrogens is 1. The summed E-state index contributed by atoms with van der Waals surface area (Å²) in [6, 6.07) is 0. The number of carbonyl (C=O) groups excluding carboxylic acids is 1. The average Bonchev–Trinajstić information content (AvgIpc) is 2.71. The number of nitrogens with one attached hydrogen (secondary N) is 1. The molecule has 22 heavy (non-hydrogen) atoms. The van der Waals surface area contributed by atoms with Gasteiger partial charge in [-0.1, -0.05) is 0 Å². The predicted octanol–water partition coefficient (Wildman–Crippen LogP) is 0.569. The monoisotopic (exact) mass is 308 g/mol. The number of aromatic amines is 1. The minimum absolute atomic E-state index is 0.210. The largest absolute Gasteiger partial charge is 0.444 e. The fourth-order valence-electron chi connectivity index (χ4n) is 1.87. The van der Waals surface area contributed by atoms with Crippen LogP contribution in [0.5, 0.6) is 0 Å². The van der Waals surface area contributed by atoms with Crippen molar-refractivity contribution in [2.45, 2.75) is 32.9 Å². The normalized spacial score (nSPS) is 11.6. The van der Waals surface area contributed by atoms with E-state index in [1.807, 2.05) is 0 Å². The van der Waals surface area contributed by atoms with Gasteiger partial charge in [0.15, 0.2) is 11.5 Å². The van der Waals surface area contributed by atoms with Crippen LogP contribution in [0.3, 0.4) is 0 Å². The van der Waals surface area contributed by atoms with E-state index in [9.17, 15) is 9.59 Å². The molecule has 9 nitrogen and oxygen atoms in total. The number of nitrogen functional groups attached to an aromatic ring is 1. The van der Waals surface area contributed by atoms with Gasteiger partial charge in [-0.3, -0.25) is 4.57 Å². The predicted molar refractivity (Wildman–Crippen MR) is 81.4 cm³/mol. The number of amides is 1. The summed E-state index contributed by atoms with van der Waals surface area (Å²) in [5, 5.41) is 0.